The lowest BCUT2D eigenvalue weighted by Crippen LogP contribution is -1.97. The fourth-order valence-electron chi connectivity index (χ4n) is 2.05. The van der Waals surface area contributed by atoms with Gasteiger partial charge in [-0.3, -0.25) is 0 Å². The molecule has 0 fully saturated rings. The Morgan fingerprint density at radius 2 is 1.85 bits per heavy atom. The van der Waals surface area contributed by atoms with Crippen LogP contribution in [0.1, 0.15) is 0 Å². The molecule has 0 aliphatic heterocycles. The molecule has 0 atom stereocenters. The van der Waals surface area contributed by atoms with Gasteiger partial charge in [0.05, 0.1) is 11.1 Å². The van der Waals surface area contributed by atoms with Crippen LogP contribution in [0.2, 0.25) is 0 Å². The Morgan fingerprint density at radius 3 is 2.45 bits per heavy atom. The first-order chi connectivity index (χ1) is 9.47. The summed E-state index contributed by atoms with van der Waals surface area (Å²) in [5.41, 5.74) is 2.28. The van der Waals surface area contributed by atoms with Crippen LogP contribution in [0, 0.1) is 0 Å². The second-order valence-corrected chi connectivity index (χ2v) is 6.54. The maximum Gasteiger partial charge on any atom is 0.175 e. The van der Waals surface area contributed by atoms with Crippen LogP contribution in [-0.2, 0) is 16.9 Å². The number of imidazole rings is 1. The van der Waals surface area contributed by atoms with E-state index in [9.17, 15) is 8.42 Å². The molecule has 0 saturated heterocycles. The fourth-order valence-corrected chi connectivity index (χ4v) is 2.68. The molecule has 3 rings (SSSR count). The summed E-state index contributed by atoms with van der Waals surface area (Å²) in [7, 11) is -1.32. The van der Waals surface area contributed by atoms with Gasteiger partial charge in [0.15, 0.2) is 15.5 Å². The molecular weight excluding hydrogens is 276 g/mol. The number of fused-ring (bicyclic) bond motifs is 1. The summed E-state index contributed by atoms with van der Waals surface area (Å²) in [5.74, 6) is 0.723. The highest BCUT2D eigenvalue weighted by atomic mass is 32.2. The van der Waals surface area contributed by atoms with Crippen molar-refractivity contribution >= 4 is 21.0 Å². The van der Waals surface area contributed by atoms with Crippen molar-refractivity contribution in [3.63, 3.8) is 0 Å². The minimum absolute atomic E-state index is 0.291. The molecule has 0 spiro atoms. The van der Waals surface area contributed by atoms with E-state index in [1.807, 2.05) is 11.6 Å². The van der Waals surface area contributed by atoms with Crippen molar-refractivity contribution < 1.29 is 8.42 Å². The van der Waals surface area contributed by atoms with E-state index in [0.29, 0.717) is 10.4 Å². The summed E-state index contributed by atoms with van der Waals surface area (Å²) in [6.07, 6.45) is 4.31. The zero-order valence-electron chi connectivity index (χ0n) is 11.0. The molecule has 0 radical (unpaired) electrons. The summed E-state index contributed by atoms with van der Waals surface area (Å²) in [6, 6.07) is 6.64. The lowest BCUT2D eigenvalue weighted by atomic mass is 10.2. The highest BCUT2D eigenvalue weighted by Gasteiger charge is 2.12. The first kappa shape index (κ1) is 12.7. The summed E-state index contributed by atoms with van der Waals surface area (Å²) in [6.45, 7) is 0. The Balaban J connectivity index is 2.14. The van der Waals surface area contributed by atoms with Crippen molar-refractivity contribution in [2.45, 2.75) is 4.90 Å². The number of hydrogen-bond acceptors (Lipinski definition) is 5. The zero-order valence-corrected chi connectivity index (χ0v) is 11.8. The fraction of sp³-hybridized carbons (Fsp3) is 0.154. The van der Waals surface area contributed by atoms with Crippen molar-refractivity contribution in [3.8, 4) is 11.4 Å². The summed E-state index contributed by atoms with van der Waals surface area (Å²) in [5, 5.41) is 0. The van der Waals surface area contributed by atoms with Gasteiger partial charge in [-0.05, 0) is 24.3 Å². The van der Waals surface area contributed by atoms with E-state index in [-0.39, 0.29) is 0 Å². The van der Waals surface area contributed by atoms with Crippen LogP contribution < -0.4 is 0 Å². The number of hydrogen-bond donors (Lipinski definition) is 0. The number of rotatable bonds is 2. The maximum atomic E-state index is 11.4. The molecule has 0 aliphatic rings. The zero-order chi connectivity index (χ0) is 14.3. The molecule has 0 bridgehead atoms. The Labute approximate surface area is 116 Å². The smallest absolute Gasteiger partial charge is 0.175 e. The lowest BCUT2D eigenvalue weighted by Gasteiger charge is -2.03. The highest BCUT2D eigenvalue weighted by Crippen LogP contribution is 2.23. The van der Waals surface area contributed by atoms with E-state index in [2.05, 4.69) is 15.0 Å². The normalized spacial score (nSPS) is 11.9. The molecule has 3 aromatic rings. The lowest BCUT2D eigenvalue weighted by molar-refractivity contribution is 0.602. The van der Waals surface area contributed by atoms with E-state index in [1.54, 1.807) is 30.5 Å². The molecule has 0 amide bonds. The van der Waals surface area contributed by atoms with Gasteiger partial charge >= 0.3 is 0 Å². The van der Waals surface area contributed by atoms with Crippen molar-refractivity contribution in [2.24, 2.45) is 7.05 Å². The van der Waals surface area contributed by atoms with Gasteiger partial charge in [-0.15, -0.1) is 0 Å². The molecule has 2 heterocycles. The quantitative estimate of drug-likeness (QED) is 0.713. The predicted molar refractivity (Wildman–Crippen MR) is 74.8 cm³/mol. The number of nitrogens with zero attached hydrogens (tertiary/aromatic N) is 4. The van der Waals surface area contributed by atoms with Crippen molar-refractivity contribution in [2.75, 3.05) is 6.26 Å². The van der Waals surface area contributed by atoms with Gasteiger partial charge < -0.3 is 4.57 Å². The molecule has 6 nitrogen and oxygen atoms in total. The number of aromatic nitrogens is 4. The molecule has 2 aromatic heterocycles. The van der Waals surface area contributed by atoms with Crippen LogP contribution >= 0.6 is 0 Å². The third-order valence-corrected chi connectivity index (χ3v) is 4.20. The standard InChI is InChI=1S/C13H12N4O2S/c1-17-12(16-11-7-14-8-15-13(11)17)9-3-5-10(6-4-9)20(2,18)19/h3-8H,1-2H3. The second-order valence-electron chi connectivity index (χ2n) is 4.52. The summed E-state index contributed by atoms with van der Waals surface area (Å²) in [4.78, 5) is 12.9. The van der Waals surface area contributed by atoms with Crippen LogP contribution in [0.5, 0.6) is 0 Å². The van der Waals surface area contributed by atoms with Crippen molar-refractivity contribution in [3.05, 3.63) is 36.8 Å². The highest BCUT2D eigenvalue weighted by molar-refractivity contribution is 7.90. The molecule has 1 aromatic carbocycles. The monoisotopic (exact) mass is 288 g/mol. The molecule has 0 N–H and O–H groups in total. The molecule has 0 aliphatic carbocycles. The van der Waals surface area contributed by atoms with Gasteiger partial charge in [-0.25, -0.2) is 23.4 Å². The minimum atomic E-state index is -3.19. The Hall–Kier alpha value is -2.28. The number of sulfone groups is 1. The third kappa shape index (κ3) is 2.05. The maximum absolute atomic E-state index is 11.4. The minimum Gasteiger partial charge on any atom is -0.312 e. The Morgan fingerprint density at radius 1 is 1.15 bits per heavy atom. The van der Waals surface area contributed by atoms with E-state index >= 15 is 0 Å². The van der Waals surface area contributed by atoms with E-state index < -0.39 is 9.84 Å². The Bertz CT molecular complexity index is 882. The van der Waals surface area contributed by atoms with E-state index in [0.717, 1.165) is 17.0 Å². The Kier molecular flexibility index (Phi) is 2.79. The largest absolute Gasteiger partial charge is 0.312 e. The van der Waals surface area contributed by atoms with Gasteiger partial charge in [0.25, 0.3) is 0 Å². The molecule has 20 heavy (non-hydrogen) atoms. The van der Waals surface area contributed by atoms with Crippen LogP contribution in [-0.4, -0.2) is 34.2 Å². The topological polar surface area (TPSA) is 77.7 Å². The molecule has 102 valence electrons. The summed E-state index contributed by atoms with van der Waals surface area (Å²) >= 11 is 0. The summed E-state index contributed by atoms with van der Waals surface area (Å²) < 4.78 is 24.8. The molecule has 0 saturated carbocycles. The van der Waals surface area contributed by atoms with Gasteiger partial charge in [-0.1, -0.05) is 0 Å². The van der Waals surface area contributed by atoms with Crippen LogP contribution in [0.15, 0.2) is 41.7 Å². The van der Waals surface area contributed by atoms with Crippen LogP contribution in [0.25, 0.3) is 22.6 Å². The number of aryl methyl sites for hydroxylation is 1. The van der Waals surface area contributed by atoms with Crippen LogP contribution in [0.4, 0.5) is 0 Å². The first-order valence-corrected chi connectivity index (χ1v) is 7.79. The van der Waals surface area contributed by atoms with Crippen molar-refractivity contribution in [1.82, 2.24) is 19.5 Å². The molecule has 0 unspecified atom stereocenters. The average molecular weight is 288 g/mol. The van der Waals surface area contributed by atoms with Crippen molar-refractivity contribution in [1.29, 1.82) is 0 Å². The van der Waals surface area contributed by atoms with E-state index in [1.165, 1.54) is 12.6 Å². The molecular formula is C13H12N4O2S. The SMILES string of the molecule is Cn1c(-c2ccc(S(C)(=O)=O)cc2)nc2cncnc21. The van der Waals surface area contributed by atoms with Gasteiger partial charge in [0.1, 0.15) is 17.7 Å². The predicted octanol–water partition coefficient (Wildman–Crippen LogP) is 1.43. The first-order valence-electron chi connectivity index (χ1n) is 5.90. The third-order valence-electron chi connectivity index (χ3n) is 3.08. The van der Waals surface area contributed by atoms with Gasteiger partial charge in [0, 0.05) is 18.9 Å². The number of benzene rings is 1. The average Bonchev–Trinajstić information content (AvgIpc) is 2.76. The molecule has 7 heteroatoms. The van der Waals surface area contributed by atoms with E-state index in [4.69, 9.17) is 0 Å². The van der Waals surface area contributed by atoms with Crippen LogP contribution in [0.3, 0.4) is 0 Å². The van der Waals surface area contributed by atoms with Gasteiger partial charge in [-0.2, -0.15) is 0 Å². The van der Waals surface area contributed by atoms with Gasteiger partial charge in [0.2, 0.25) is 0 Å². The second kappa shape index (κ2) is 4.38.